The van der Waals surface area contributed by atoms with E-state index >= 15 is 0 Å². The van der Waals surface area contributed by atoms with Gasteiger partial charge in [-0.2, -0.15) is 0 Å². The molecule has 0 saturated heterocycles. The second kappa shape index (κ2) is 4.42. The van der Waals surface area contributed by atoms with Gasteiger partial charge in [-0.05, 0) is 55.8 Å². The van der Waals surface area contributed by atoms with Crippen LogP contribution in [-0.2, 0) is 0 Å². The van der Waals surface area contributed by atoms with Crippen LogP contribution in [0.3, 0.4) is 0 Å². The third-order valence-electron chi connectivity index (χ3n) is 3.68. The maximum Gasteiger partial charge on any atom is 0.227 e. The number of aryl methyl sites for hydroxylation is 2. The van der Waals surface area contributed by atoms with Crippen LogP contribution in [0.25, 0.3) is 33.3 Å². The molecule has 1 aromatic carbocycles. The first-order chi connectivity index (χ1) is 10.2. The Balaban J connectivity index is 1.96. The number of pyridine rings is 2. The van der Waals surface area contributed by atoms with Crippen LogP contribution in [0.15, 0.2) is 53.1 Å². The van der Waals surface area contributed by atoms with Crippen LogP contribution >= 0.6 is 0 Å². The van der Waals surface area contributed by atoms with E-state index in [9.17, 15) is 0 Å². The van der Waals surface area contributed by atoms with Crippen LogP contribution in [0, 0.1) is 13.8 Å². The molecule has 3 aromatic heterocycles. The largest absolute Gasteiger partial charge is 0.438 e. The van der Waals surface area contributed by atoms with Crippen molar-refractivity contribution < 1.29 is 4.42 Å². The van der Waals surface area contributed by atoms with E-state index < -0.39 is 0 Å². The summed E-state index contributed by atoms with van der Waals surface area (Å²) >= 11 is 0. The highest BCUT2D eigenvalue weighted by atomic mass is 16.3. The second-order valence-corrected chi connectivity index (χ2v) is 5.34. The first kappa shape index (κ1) is 12.1. The van der Waals surface area contributed by atoms with E-state index in [2.05, 4.69) is 28.2 Å². The highest BCUT2D eigenvalue weighted by molar-refractivity contribution is 6.04. The van der Waals surface area contributed by atoms with Gasteiger partial charge in [0.15, 0.2) is 0 Å². The van der Waals surface area contributed by atoms with Gasteiger partial charge in [0.2, 0.25) is 5.71 Å². The molecule has 3 heteroatoms. The lowest BCUT2D eigenvalue weighted by molar-refractivity contribution is 0.652. The summed E-state index contributed by atoms with van der Waals surface area (Å²) in [4.78, 5) is 8.93. The zero-order valence-electron chi connectivity index (χ0n) is 11.9. The topological polar surface area (TPSA) is 38.9 Å². The third kappa shape index (κ3) is 1.98. The monoisotopic (exact) mass is 274 g/mol. The Hall–Kier alpha value is -2.68. The number of hydrogen-bond acceptors (Lipinski definition) is 3. The van der Waals surface area contributed by atoms with Crippen LogP contribution in [0.5, 0.6) is 0 Å². The van der Waals surface area contributed by atoms with Crippen molar-refractivity contribution in [2.45, 2.75) is 13.8 Å². The van der Waals surface area contributed by atoms with Gasteiger partial charge in [-0.3, -0.25) is 4.98 Å². The SMILES string of the molecule is Cc1ccc(-c2ccc3oc4nc(C)ccc4c3c2)nc1. The summed E-state index contributed by atoms with van der Waals surface area (Å²) in [6.45, 7) is 4.01. The van der Waals surface area contributed by atoms with Gasteiger partial charge in [0, 0.05) is 28.2 Å². The summed E-state index contributed by atoms with van der Waals surface area (Å²) in [5.74, 6) is 0. The Morgan fingerprint density at radius 3 is 2.62 bits per heavy atom. The van der Waals surface area contributed by atoms with Crippen LogP contribution in [0.4, 0.5) is 0 Å². The Labute approximate surface area is 122 Å². The third-order valence-corrected chi connectivity index (χ3v) is 3.68. The fourth-order valence-corrected chi connectivity index (χ4v) is 2.55. The smallest absolute Gasteiger partial charge is 0.227 e. The first-order valence-corrected chi connectivity index (χ1v) is 6.94. The van der Waals surface area contributed by atoms with Crippen molar-refractivity contribution in [3.8, 4) is 11.3 Å². The quantitative estimate of drug-likeness (QED) is 0.506. The van der Waals surface area contributed by atoms with Gasteiger partial charge in [-0.25, -0.2) is 4.98 Å². The highest BCUT2D eigenvalue weighted by Gasteiger charge is 2.10. The normalized spacial score (nSPS) is 11.3. The Morgan fingerprint density at radius 1 is 0.905 bits per heavy atom. The first-order valence-electron chi connectivity index (χ1n) is 6.94. The van der Waals surface area contributed by atoms with Crippen molar-refractivity contribution in [3.05, 3.63) is 59.9 Å². The Bertz CT molecular complexity index is 952. The number of benzene rings is 1. The van der Waals surface area contributed by atoms with E-state index in [4.69, 9.17) is 4.42 Å². The number of aromatic nitrogens is 2. The fraction of sp³-hybridized carbons (Fsp3) is 0.111. The zero-order valence-corrected chi connectivity index (χ0v) is 11.9. The number of rotatable bonds is 1. The lowest BCUT2D eigenvalue weighted by Gasteiger charge is -2.01. The summed E-state index contributed by atoms with van der Waals surface area (Å²) in [5, 5.41) is 2.13. The van der Waals surface area contributed by atoms with E-state index in [1.807, 2.05) is 44.3 Å². The molecule has 0 fully saturated rings. The average molecular weight is 274 g/mol. The van der Waals surface area contributed by atoms with E-state index in [1.165, 1.54) is 0 Å². The van der Waals surface area contributed by atoms with Gasteiger partial charge in [-0.1, -0.05) is 6.07 Å². The second-order valence-electron chi connectivity index (χ2n) is 5.34. The van der Waals surface area contributed by atoms with Crippen molar-refractivity contribution in [3.63, 3.8) is 0 Å². The predicted molar refractivity (Wildman–Crippen MR) is 84.2 cm³/mol. The van der Waals surface area contributed by atoms with E-state index in [-0.39, 0.29) is 0 Å². The molecule has 0 aliphatic heterocycles. The maximum absolute atomic E-state index is 5.81. The highest BCUT2D eigenvalue weighted by Crippen LogP contribution is 2.31. The fourth-order valence-electron chi connectivity index (χ4n) is 2.55. The van der Waals surface area contributed by atoms with Gasteiger partial charge in [-0.15, -0.1) is 0 Å². The molecule has 0 unspecified atom stereocenters. The summed E-state index contributed by atoms with van der Waals surface area (Å²) in [5.41, 5.74) is 5.73. The molecule has 0 bridgehead atoms. The Morgan fingerprint density at radius 2 is 1.81 bits per heavy atom. The van der Waals surface area contributed by atoms with Crippen molar-refractivity contribution in [2.75, 3.05) is 0 Å². The van der Waals surface area contributed by atoms with E-state index in [1.54, 1.807) is 0 Å². The summed E-state index contributed by atoms with van der Waals surface area (Å²) in [6.07, 6.45) is 1.89. The van der Waals surface area contributed by atoms with Gasteiger partial charge in [0.25, 0.3) is 0 Å². The van der Waals surface area contributed by atoms with Crippen molar-refractivity contribution in [2.24, 2.45) is 0 Å². The minimum absolute atomic E-state index is 0.694. The van der Waals surface area contributed by atoms with Gasteiger partial charge < -0.3 is 4.42 Å². The zero-order chi connectivity index (χ0) is 14.4. The molecule has 0 aliphatic carbocycles. The van der Waals surface area contributed by atoms with Crippen molar-refractivity contribution in [1.29, 1.82) is 0 Å². The van der Waals surface area contributed by atoms with Crippen LogP contribution < -0.4 is 0 Å². The Kier molecular flexibility index (Phi) is 2.54. The molecular formula is C18H14N2O. The number of hydrogen-bond donors (Lipinski definition) is 0. The molecule has 3 heterocycles. The molecule has 21 heavy (non-hydrogen) atoms. The molecule has 0 aliphatic rings. The van der Waals surface area contributed by atoms with Crippen LogP contribution in [0.1, 0.15) is 11.3 Å². The lowest BCUT2D eigenvalue weighted by Crippen LogP contribution is -1.83. The molecule has 0 atom stereocenters. The molecule has 0 radical (unpaired) electrons. The molecule has 102 valence electrons. The molecule has 4 aromatic rings. The summed E-state index contributed by atoms with van der Waals surface area (Å²) < 4.78 is 5.81. The minimum Gasteiger partial charge on any atom is -0.438 e. The summed E-state index contributed by atoms with van der Waals surface area (Å²) in [6, 6.07) is 14.3. The molecule has 0 N–H and O–H groups in total. The molecule has 3 nitrogen and oxygen atoms in total. The standard InChI is InChI=1S/C18H14N2O/c1-11-3-7-16(19-10-11)13-5-8-17-15(9-13)14-6-4-12(2)20-18(14)21-17/h3-10H,1-2H3. The molecule has 4 rings (SSSR count). The minimum atomic E-state index is 0.694. The molecular weight excluding hydrogens is 260 g/mol. The molecule has 0 amide bonds. The van der Waals surface area contributed by atoms with E-state index in [0.717, 1.165) is 38.9 Å². The number of fused-ring (bicyclic) bond motifs is 3. The predicted octanol–water partition coefficient (Wildman–Crippen LogP) is 4.66. The average Bonchev–Trinajstić information content (AvgIpc) is 2.84. The number of furan rings is 1. The van der Waals surface area contributed by atoms with Gasteiger partial charge in [0.05, 0.1) is 5.69 Å². The van der Waals surface area contributed by atoms with Crippen molar-refractivity contribution in [1.82, 2.24) is 9.97 Å². The maximum atomic E-state index is 5.81. The lowest BCUT2D eigenvalue weighted by atomic mass is 10.1. The van der Waals surface area contributed by atoms with Gasteiger partial charge >= 0.3 is 0 Å². The molecule has 0 saturated carbocycles. The van der Waals surface area contributed by atoms with Crippen LogP contribution in [0.2, 0.25) is 0 Å². The molecule has 0 spiro atoms. The van der Waals surface area contributed by atoms with E-state index in [0.29, 0.717) is 5.71 Å². The summed E-state index contributed by atoms with van der Waals surface area (Å²) in [7, 11) is 0. The van der Waals surface area contributed by atoms with Gasteiger partial charge in [0.1, 0.15) is 5.58 Å². The van der Waals surface area contributed by atoms with Crippen molar-refractivity contribution >= 4 is 22.1 Å². The van der Waals surface area contributed by atoms with Crippen LogP contribution in [-0.4, -0.2) is 9.97 Å². The number of nitrogens with zero attached hydrogens (tertiary/aromatic N) is 2.